The van der Waals surface area contributed by atoms with Crippen LogP contribution in [0.4, 0.5) is 10.6 Å². The van der Waals surface area contributed by atoms with Gasteiger partial charge in [0.2, 0.25) is 0 Å². The van der Waals surface area contributed by atoms with E-state index in [1.54, 1.807) is 18.2 Å². The van der Waals surface area contributed by atoms with Crippen LogP contribution in [0.25, 0.3) is 33.2 Å². The Morgan fingerprint density at radius 3 is 2.66 bits per heavy atom. The van der Waals surface area contributed by atoms with Gasteiger partial charge in [0.25, 0.3) is 0 Å². The molecule has 2 aromatic carbocycles. The van der Waals surface area contributed by atoms with Gasteiger partial charge in [0.1, 0.15) is 11.4 Å². The molecule has 0 saturated carbocycles. The van der Waals surface area contributed by atoms with Crippen LogP contribution in [0, 0.1) is 0 Å². The summed E-state index contributed by atoms with van der Waals surface area (Å²) in [7, 11) is 3.87. The molecule has 0 aliphatic carbocycles. The van der Waals surface area contributed by atoms with Crippen molar-refractivity contribution >= 4 is 33.9 Å². The van der Waals surface area contributed by atoms with Crippen LogP contribution >= 0.6 is 0 Å². The van der Waals surface area contributed by atoms with E-state index in [2.05, 4.69) is 25.0 Å². The molecular formula is C21H21N5O3. The fourth-order valence-corrected chi connectivity index (χ4v) is 3.18. The highest BCUT2D eigenvalue weighted by molar-refractivity contribution is 5.89. The second-order valence-electron chi connectivity index (χ2n) is 7.16. The van der Waals surface area contributed by atoms with Gasteiger partial charge in [-0.3, -0.25) is 4.68 Å². The maximum Gasteiger partial charge on any atom is 0.511 e. The van der Waals surface area contributed by atoms with E-state index in [1.807, 2.05) is 42.0 Å². The number of hydrogen-bond donors (Lipinski definition) is 1. The lowest BCUT2D eigenvalue weighted by Gasteiger charge is -2.25. The molecule has 0 atom stereocenters. The zero-order valence-corrected chi connectivity index (χ0v) is 16.6. The second-order valence-corrected chi connectivity index (χ2v) is 7.16. The molecule has 0 bridgehead atoms. The highest BCUT2D eigenvalue weighted by Gasteiger charge is 2.18. The predicted molar refractivity (Wildman–Crippen MR) is 111 cm³/mol. The number of fused-ring (bicyclic) bond motifs is 2. The van der Waals surface area contributed by atoms with Crippen LogP contribution in [0.5, 0.6) is 5.75 Å². The molecule has 0 spiro atoms. The van der Waals surface area contributed by atoms with Gasteiger partial charge in [-0.05, 0) is 38.1 Å². The van der Waals surface area contributed by atoms with Crippen molar-refractivity contribution in [2.24, 2.45) is 7.05 Å². The minimum absolute atomic E-state index is 0.195. The molecule has 2 heterocycles. The number of aryl methyl sites for hydroxylation is 1. The van der Waals surface area contributed by atoms with E-state index in [0.29, 0.717) is 16.9 Å². The molecule has 8 heteroatoms. The summed E-state index contributed by atoms with van der Waals surface area (Å²) in [6.07, 6.45) is 0.465. The maximum atomic E-state index is 10.8. The largest absolute Gasteiger partial charge is 0.511 e. The summed E-state index contributed by atoms with van der Waals surface area (Å²) in [5, 5.41) is 14.2. The molecule has 0 unspecified atom stereocenters. The molecule has 29 heavy (non-hydrogen) atoms. The third-order valence-electron chi connectivity index (χ3n) is 4.95. The Morgan fingerprint density at radius 1 is 1.14 bits per heavy atom. The zero-order chi connectivity index (χ0) is 20.7. The molecule has 0 fully saturated rings. The quantitative estimate of drug-likeness (QED) is 0.414. The minimum Gasteiger partial charge on any atom is -0.449 e. The van der Waals surface area contributed by atoms with E-state index in [-0.39, 0.29) is 11.8 Å². The average molecular weight is 391 g/mol. The number of carboxylic acid groups (broad SMARTS) is 1. The molecule has 2 aromatic heterocycles. The molecule has 0 radical (unpaired) electrons. The van der Waals surface area contributed by atoms with Crippen molar-refractivity contribution in [1.29, 1.82) is 0 Å². The van der Waals surface area contributed by atoms with Crippen LogP contribution < -0.4 is 9.64 Å². The van der Waals surface area contributed by atoms with E-state index < -0.39 is 6.16 Å². The number of anilines is 1. The second kappa shape index (κ2) is 7.05. The summed E-state index contributed by atoms with van der Waals surface area (Å²) in [5.74, 6) is 0.921. The Morgan fingerprint density at radius 2 is 1.93 bits per heavy atom. The van der Waals surface area contributed by atoms with Gasteiger partial charge in [-0.1, -0.05) is 6.07 Å². The van der Waals surface area contributed by atoms with Crippen molar-refractivity contribution in [3.05, 3.63) is 42.6 Å². The summed E-state index contributed by atoms with van der Waals surface area (Å²) in [6, 6.07) is 11.2. The fraction of sp³-hybridized carbons (Fsp3) is 0.238. The number of rotatable bonds is 4. The fourth-order valence-electron chi connectivity index (χ4n) is 3.18. The molecule has 4 aromatic rings. The van der Waals surface area contributed by atoms with Gasteiger partial charge in [0.15, 0.2) is 5.82 Å². The van der Waals surface area contributed by atoms with Crippen LogP contribution in [0.3, 0.4) is 0 Å². The topological polar surface area (TPSA) is 93.4 Å². The van der Waals surface area contributed by atoms with E-state index in [0.717, 1.165) is 22.2 Å². The van der Waals surface area contributed by atoms with Crippen LogP contribution in [0.1, 0.15) is 13.8 Å². The predicted octanol–water partition coefficient (Wildman–Crippen LogP) is 4.08. The van der Waals surface area contributed by atoms with E-state index in [4.69, 9.17) is 19.8 Å². The Kier molecular flexibility index (Phi) is 4.54. The first-order valence-electron chi connectivity index (χ1n) is 9.21. The molecule has 4 rings (SSSR count). The van der Waals surface area contributed by atoms with Crippen molar-refractivity contribution < 1.29 is 14.6 Å². The molecule has 0 aliphatic rings. The Hall–Kier alpha value is -3.68. The molecule has 8 nitrogen and oxygen atoms in total. The summed E-state index contributed by atoms with van der Waals surface area (Å²) >= 11 is 0. The smallest absolute Gasteiger partial charge is 0.449 e. The van der Waals surface area contributed by atoms with Gasteiger partial charge >= 0.3 is 6.16 Å². The summed E-state index contributed by atoms with van der Waals surface area (Å²) in [6.45, 7) is 4.15. The lowest BCUT2D eigenvalue weighted by atomic mass is 10.1. The number of ether oxygens (including phenoxy) is 1. The summed E-state index contributed by atoms with van der Waals surface area (Å²) in [4.78, 5) is 22.5. The Balaban J connectivity index is 1.92. The Labute approximate surface area is 167 Å². The first-order chi connectivity index (χ1) is 13.8. The number of carbonyl (C=O) groups is 1. The zero-order valence-electron chi connectivity index (χ0n) is 16.6. The lowest BCUT2D eigenvalue weighted by Crippen LogP contribution is -2.27. The third kappa shape index (κ3) is 3.44. The molecule has 0 amide bonds. The van der Waals surface area contributed by atoms with Gasteiger partial charge in [-0.15, -0.1) is 0 Å². The highest BCUT2D eigenvalue weighted by Crippen LogP contribution is 2.32. The molecular weight excluding hydrogens is 370 g/mol. The third-order valence-corrected chi connectivity index (χ3v) is 4.95. The monoisotopic (exact) mass is 391 g/mol. The van der Waals surface area contributed by atoms with Crippen molar-refractivity contribution in [2.45, 2.75) is 19.9 Å². The van der Waals surface area contributed by atoms with Gasteiger partial charge in [-0.2, -0.15) is 5.10 Å². The van der Waals surface area contributed by atoms with Crippen LogP contribution in [-0.2, 0) is 7.05 Å². The highest BCUT2D eigenvalue weighted by atomic mass is 16.7. The van der Waals surface area contributed by atoms with Gasteiger partial charge in [0, 0.05) is 37.2 Å². The molecule has 1 N–H and O–H groups in total. The van der Waals surface area contributed by atoms with Crippen molar-refractivity contribution in [1.82, 2.24) is 19.7 Å². The SMILES string of the molecule is CC(C)N(C)c1nc2cc(OC(=O)O)ccc2nc1-c1ccc2c(cnn2C)c1. The number of aromatic nitrogens is 4. The summed E-state index contributed by atoms with van der Waals surface area (Å²) in [5.41, 5.74) is 3.96. The van der Waals surface area contributed by atoms with Crippen LogP contribution in [0.15, 0.2) is 42.6 Å². The van der Waals surface area contributed by atoms with E-state index in [1.165, 1.54) is 0 Å². The van der Waals surface area contributed by atoms with Crippen molar-refractivity contribution in [3.63, 3.8) is 0 Å². The van der Waals surface area contributed by atoms with Gasteiger partial charge in [0.05, 0.1) is 22.7 Å². The Bertz CT molecular complexity index is 1230. The van der Waals surface area contributed by atoms with Crippen LogP contribution in [-0.4, -0.2) is 44.1 Å². The number of nitrogens with zero attached hydrogens (tertiary/aromatic N) is 5. The molecule has 0 aliphatic heterocycles. The van der Waals surface area contributed by atoms with Gasteiger partial charge in [-0.25, -0.2) is 14.8 Å². The standard InChI is InChI=1S/C21H21N5O3/c1-12(2)25(3)20-19(13-5-8-18-14(9-13)11-22-26(18)4)23-16-7-6-15(29-21(27)28)10-17(16)24-20/h5-12H,1-4H3,(H,27,28). The number of benzene rings is 2. The van der Waals surface area contributed by atoms with E-state index >= 15 is 0 Å². The lowest BCUT2D eigenvalue weighted by molar-refractivity contribution is 0.144. The number of hydrogen-bond acceptors (Lipinski definition) is 6. The molecule has 0 saturated heterocycles. The van der Waals surface area contributed by atoms with E-state index in [9.17, 15) is 4.79 Å². The first kappa shape index (κ1) is 18.7. The average Bonchev–Trinajstić information content (AvgIpc) is 3.06. The minimum atomic E-state index is -1.36. The normalized spacial score (nSPS) is 11.3. The maximum absolute atomic E-state index is 10.8. The van der Waals surface area contributed by atoms with Crippen LogP contribution in [0.2, 0.25) is 0 Å². The summed E-state index contributed by atoms with van der Waals surface area (Å²) < 4.78 is 6.59. The van der Waals surface area contributed by atoms with Crippen molar-refractivity contribution in [2.75, 3.05) is 11.9 Å². The van der Waals surface area contributed by atoms with Gasteiger partial charge < -0.3 is 14.7 Å². The van der Waals surface area contributed by atoms with Crippen molar-refractivity contribution in [3.8, 4) is 17.0 Å². The first-order valence-corrected chi connectivity index (χ1v) is 9.21. The molecule has 148 valence electrons.